The van der Waals surface area contributed by atoms with Crippen LogP contribution in [0.1, 0.15) is 5.56 Å². The summed E-state index contributed by atoms with van der Waals surface area (Å²) in [5.41, 5.74) is 1.10. The number of ether oxygens (including phenoxy) is 1. The molecule has 0 unspecified atom stereocenters. The fourth-order valence-electron chi connectivity index (χ4n) is 3.12. The largest absolute Gasteiger partial charge is 0.573 e. The Morgan fingerprint density at radius 2 is 1.74 bits per heavy atom. The molecular weight excluding hydrogens is 475 g/mol. The number of aromatic nitrogens is 3. The SMILES string of the molecule is CS(=O)(=O)c1cccc(Cn2cc(-c3nc(-c4ccc(OC(F)(F)F)cc4)no3)ccc2=O)c1. The van der Waals surface area contributed by atoms with Crippen LogP contribution in [-0.4, -0.2) is 35.7 Å². The zero-order chi connectivity index (χ0) is 24.5. The molecule has 8 nitrogen and oxygen atoms in total. The maximum absolute atomic E-state index is 12.3. The first-order chi connectivity index (χ1) is 16.0. The maximum atomic E-state index is 12.3. The maximum Gasteiger partial charge on any atom is 0.573 e. The summed E-state index contributed by atoms with van der Waals surface area (Å²) in [5, 5.41) is 3.84. The second kappa shape index (κ2) is 8.78. The fraction of sp³-hybridized carbons (Fsp3) is 0.136. The zero-order valence-corrected chi connectivity index (χ0v) is 18.3. The molecule has 0 spiro atoms. The minimum atomic E-state index is -4.80. The lowest BCUT2D eigenvalue weighted by Crippen LogP contribution is -2.19. The first-order valence-electron chi connectivity index (χ1n) is 9.68. The quantitative estimate of drug-likeness (QED) is 0.403. The van der Waals surface area contributed by atoms with Gasteiger partial charge >= 0.3 is 6.36 Å². The summed E-state index contributed by atoms with van der Waals surface area (Å²) in [7, 11) is -3.40. The lowest BCUT2D eigenvalue weighted by Gasteiger charge is -2.08. The van der Waals surface area contributed by atoms with Gasteiger partial charge in [-0.2, -0.15) is 4.98 Å². The van der Waals surface area contributed by atoms with Gasteiger partial charge in [0.1, 0.15) is 5.75 Å². The number of hydrogen-bond acceptors (Lipinski definition) is 7. The second-order valence-electron chi connectivity index (χ2n) is 7.30. The number of alkyl halides is 3. The predicted octanol–water partition coefficient (Wildman–Crippen LogP) is 3.92. The highest BCUT2D eigenvalue weighted by atomic mass is 32.2. The fourth-order valence-corrected chi connectivity index (χ4v) is 3.81. The molecule has 12 heteroatoms. The van der Waals surface area contributed by atoms with Crippen molar-refractivity contribution in [2.75, 3.05) is 6.26 Å². The van der Waals surface area contributed by atoms with E-state index in [0.29, 0.717) is 16.7 Å². The molecule has 2 heterocycles. The van der Waals surface area contributed by atoms with Crippen molar-refractivity contribution in [1.29, 1.82) is 0 Å². The van der Waals surface area contributed by atoms with Crippen molar-refractivity contribution in [2.24, 2.45) is 0 Å². The van der Waals surface area contributed by atoms with Crippen molar-refractivity contribution < 1.29 is 30.8 Å². The standard InChI is InChI=1S/C22H16F3N3O5S/c1-34(30,31)18-4-2-3-14(11-18)12-28-13-16(7-10-19(28)29)21-26-20(27-33-21)15-5-8-17(9-6-15)32-22(23,24)25/h2-11,13H,12H2,1H3. The molecule has 0 aliphatic rings. The molecule has 34 heavy (non-hydrogen) atoms. The minimum Gasteiger partial charge on any atom is -0.406 e. The highest BCUT2D eigenvalue weighted by Crippen LogP contribution is 2.26. The molecule has 4 rings (SSSR count). The van der Waals surface area contributed by atoms with Gasteiger partial charge in [0.2, 0.25) is 5.82 Å². The van der Waals surface area contributed by atoms with E-state index in [-0.39, 0.29) is 34.5 Å². The third-order valence-electron chi connectivity index (χ3n) is 4.68. The molecule has 2 aromatic carbocycles. The van der Waals surface area contributed by atoms with Crippen molar-refractivity contribution in [2.45, 2.75) is 17.8 Å². The van der Waals surface area contributed by atoms with Gasteiger partial charge in [-0.1, -0.05) is 17.3 Å². The van der Waals surface area contributed by atoms with Crippen LogP contribution in [-0.2, 0) is 16.4 Å². The zero-order valence-electron chi connectivity index (χ0n) is 17.5. The Labute approximate surface area is 191 Å². The monoisotopic (exact) mass is 491 g/mol. The number of benzene rings is 2. The Morgan fingerprint density at radius 1 is 1.03 bits per heavy atom. The van der Waals surface area contributed by atoms with E-state index in [1.54, 1.807) is 12.1 Å². The topological polar surface area (TPSA) is 104 Å². The van der Waals surface area contributed by atoms with E-state index in [2.05, 4.69) is 14.9 Å². The van der Waals surface area contributed by atoms with Crippen molar-refractivity contribution in [1.82, 2.24) is 14.7 Å². The summed E-state index contributed by atoms with van der Waals surface area (Å²) in [6, 6.07) is 14.0. The summed E-state index contributed by atoms with van der Waals surface area (Å²) >= 11 is 0. The van der Waals surface area contributed by atoms with Crippen molar-refractivity contribution >= 4 is 9.84 Å². The van der Waals surface area contributed by atoms with Crippen LogP contribution in [0.25, 0.3) is 22.8 Å². The Bertz CT molecular complexity index is 1490. The highest BCUT2D eigenvalue weighted by molar-refractivity contribution is 7.90. The van der Waals surface area contributed by atoms with Crippen molar-refractivity contribution in [3.05, 3.63) is 82.8 Å². The summed E-state index contributed by atoms with van der Waals surface area (Å²) in [6.45, 7) is 0.109. The molecule has 0 N–H and O–H groups in total. The number of rotatable bonds is 6. The highest BCUT2D eigenvalue weighted by Gasteiger charge is 2.31. The molecule has 0 saturated carbocycles. The van der Waals surface area contributed by atoms with Gasteiger partial charge in [0, 0.05) is 24.1 Å². The second-order valence-corrected chi connectivity index (χ2v) is 9.31. The van der Waals surface area contributed by atoms with Crippen molar-refractivity contribution in [3.63, 3.8) is 0 Å². The molecule has 0 bridgehead atoms. The molecule has 2 aromatic heterocycles. The van der Waals surface area contributed by atoms with Crippen LogP contribution in [0.15, 0.2) is 81.1 Å². The number of nitrogens with zero attached hydrogens (tertiary/aromatic N) is 3. The van der Waals surface area contributed by atoms with Gasteiger partial charge in [-0.25, -0.2) is 8.42 Å². The van der Waals surface area contributed by atoms with E-state index in [0.717, 1.165) is 18.4 Å². The molecule has 0 aliphatic heterocycles. The molecule has 0 aliphatic carbocycles. The van der Waals surface area contributed by atoms with Gasteiger partial charge < -0.3 is 13.8 Å². The number of pyridine rings is 1. The van der Waals surface area contributed by atoms with E-state index < -0.39 is 16.2 Å². The first-order valence-corrected chi connectivity index (χ1v) is 11.6. The molecule has 4 aromatic rings. The first kappa shape index (κ1) is 23.2. The Kier molecular flexibility index (Phi) is 6.00. The van der Waals surface area contributed by atoms with E-state index in [1.165, 1.54) is 47.2 Å². The van der Waals surface area contributed by atoms with Crippen LogP contribution in [0.2, 0.25) is 0 Å². The number of hydrogen-bond donors (Lipinski definition) is 0. The van der Waals surface area contributed by atoms with Crippen LogP contribution >= 0.6 is 0 Å². The average molecular weight is 491 g/mol. The van der Waals surface area contributed by atoms with E-state index >= 15 is 0 Å². The Morgan fingerprint density at radius 3 is 2.41 bits per heavy atom. The van der Waals surface area contributed by atoms with E-state index in [4.69, 9.17) is 4.52 Å². The summed E-state index contributed by atoms with van der Waals surface area (Å²) in [5.74, 6) is -0.164. The third-order valence-corrected chi connectivity index (χ3v) is 5.79. The van der Waals surface area contributed by atoms with Gasteiger partial charge in [0.15, 0.2) is 9.84 Å². The lowest BCUT2D eigenvalue weighted by atomic mass is 10.2. The Hall–Kier alpha value is -3.93. The number of halogens is 3. The van der Waals surface area contributed by atoms with Gasteiger partial charge in [-0.3, -0.25) is 4.79 Å². The molecule has 0 radical (unpaired) electrons. The number of sulfone groups is 1. The van der Waals surface area contributed by atoms with Gasteiger partial charge in [-0.15, -0.1) is 13.2 Å². The smallest absolute Gasteiger partial charge is 0.406 e. The van der Waals surface area contributed by atoms with Gasteiger partial charge in [-0.05, 0) is 48.0 Å². The van der Waals surface area contributed by atoms with Crippen LogP contribution in [0.5, 0.6) is 5.75 Å². The van der Waals surface area contributed by atoms with Crippen LogP contribution in [0.4, 0.5) is 13.2 Å². The van der Waals surface area contributed by atoms with Gasteiger partial charge in [0.05, 0.1) is 17.0 Å². The predicted molar refractivity (Wildman–Crippen MR) is 115 cm³/mol. The normalized spacial score (nSPS) is 12.0. The Balaban J connectivity index is 1.58. The average Bonchev–Trinajstić information content (AvgIpc) is 3.25. The third kappa shape index (κ3) is 5.52. The summed E-state index contributed by atoms with van der Waals surface area (Å²) < 4.78 is 71.0. The van der Waals surface area contributed by atoms with Crippen LogP contribution in [0.3, 0.4) is 0 Å². The van der Waals surface area contributed by atoms with E-state index in [9.17, 15) is 26.4 Å². The molecule has 176 valence electrons. The van der Waals surface area contributed by atoms with Crippen LogP contribution in [0, 0.1) is 0 Å². The van der Waals surface area contributed by atoms with Crippen molar-refractivity contribution in [3.8, 4) is 28.6 Å². The molecule has 0 atom stereocenters. The molecule has 0 saturated heterocycles. The molecule has 0 fully saturated rings. The molecular formula is C22H16F3N3O5S. The van der Waals surface area contributed by atoms with E-state index in [1.807, 2.05) is 0 Å². The van der Waals surface area contributed by atoms with Gasteiger partial charge in [0.25, 0.3) is 11.4 Å². The minimum absolute atomic E-state index is 0.0873. The lowest BCUT2D eigenvalue weighted by molar-refractivity contribution is -0.274. The van der Waals surface area contributed by atoms with Crippen LogP contribution < -0.4 is 10.3 Å². The summed E-state index contributed by atoms with van der Waals surface area (Å²) in [6.07, 6.45) is -2.20. The summed E-state index contributed by atoms with van der Waals surface area (Å²) in [4.78, 5) is 16.7. The molecule has 0 amide bonds.